The monoisotopic (exact) mass is 360 g/mol. The highest BCUT2D eigenvalue weighted by Gasteiger charge is 2.63. The Labute approximate surface area is 156 Å². The summed E-state index contributed by atoms with van der Waals surface area (Å²) in [7, 11) is 0. The van der Waals surface area contributed by atoms with Crippen molar-refractivity contribution in [2.45, 2.75) is 83.7 Å². The van der Waals surface area contributed by atoms with E-state index in [4.69, 9.17) is 5.11 Å². The summed E-state index contributed by atoms with van der Waals surface area (Å²) in [6.07, 6.45) is 9.98. The van der Waals surface area contributed by atoms with Crippen LogP contribution in [0.5, 0.6) is 0 Å². The summed E-state index contributed by atoms with van der Waals surface area (Å²) in [4.78, 5) is 23.0. The van der Waals surface area contributed by atoms with Crippen LogP contribution in [0.4, 0.5) is 0 Å². The maximum atomic E-state index is 11.9. The van der Waals surface area contributed by atoms with Crippen molar-refractivity contribution in [1.29, 1.82) is 0 Å². The highest BCUT2D eigenvalue weighted by atomic mass is 16.4. The third-order valence-electron chi connectivity index (χ3n) is 9.04. The Morgan fingerprint density at radius 1 is 1.12 bits per heavy atom. The second kappa shape index (κ2) is 5.92. The lowest BCUT2D eigenvalue weighted by atomic mass is 9.46. The smallest absolute Gasteiger partial charge is 0.303 e. The largest absolute Gasteiger partial charge is 0.481 e. The molecule has 26 heavy (non-hydrogen) atoms. The van der Waals surface area contributed by atoms with E-state index in [9.17, 15) is 14.7 Å². The lowest BCUT2D eigenvalue weighted by Crippen LogP contribution is -2.54. The Morgan fingerprint density at radius 3 is 2.58 bits per heavy atom. The maximum Gasteiger partial charge on any atom is 0.303 e. The lowest BCUT2D eigenvalue weighted by Gasteiger charge is -2.59. The van der Waals surface area contributed by atoms with Gasteiger partial charge in [0.05, 0.1) is 5.60 Å². The first-order valence-electron chi connectivity index (χ1n) is 10.4. The molecular weight excluding hydrogens is 328 g/mol. The summed E-state index contributed by atoms with van der Waals surface area (Å²) in [5.74, 6) is 1.17. The second-order valence-electron chi connectivity index (χ2n) is 9.89. The van der Waals surface area contributed by atoms with Crippen LogP contribution < -0.4 is 0 Å². The molecule has 0 amide bonds. The van der Waals surface area contributed by atoms with E-state index < -0.39 is 11.6 Å². The molecular formula is C22H32O4. The molecule has 0 bridgehead atoms. The standard InChI is InChI=1S/C22H32O4/c1-20-9-5-15(23)13-14(20)3-4-16-17(20)6-10-21(2)18(16)7-11-22(21,26)12-8-19(24)25/h13,16-18,26H,3-12H2,1-2H3,(H,24,25)/t16-,17+,18+,20+,21+,22+/m1/s1. The van der Waals surface area contributed by atoms with Gasteiger partial charge < -0.3 is 10.2 Å². The van der Waals surface area contributed by atoms with E-state index in [0.29, 0.717) is 36.4 Å². The fraction of sp³-hybridized carbons (Fsp3) is 0.818. The number of fused-ring (bicyclic) bond motifs is 5. The molecule has 4 heteroatoms. The van der Waals surface area contributed by atoms with Gasteiger partial charge in [0.1, 0.15) is 0 Å². The summed E-state index contributed by atoms with van der Waals surface area (Å²) in [5.41, 5.74) is 0.532. The summed E-state index contributed by atoms with van der Waals surface area (Å²) < 4.78 is 0. The van der Waals surface area contributed by atoms with Gasteiger partial charge in [-0.05, 0) is 86.0 Å². The Kier molecular flexibility index (Phi) is 4.15. The normalized spacial score (nSPS) is 47.6. The molecule has 4 rings (SSSR count). The van der Waals surface area contributed by atoms with Crippen LogP contribution in [-0.2, 0) is 9.59 Å². The van der Waals surface area contributed by atoms with Gasteiger partial charge in [0.25, 0.3) is 0 Å². The molecule has 0 aromatic heterocycles. The summed E-state index contributed by atoms with van der Waals surface area (Å²) in [5, 5.41) is 20.5. The molecule has 144 valence electrons. The number of hydrogen-bond acceptors (Lipinski definition) is 3. The van der Waals surface area contributed by atoms with Crippen LogP contribution in [0.1, 0.15) is 78.1 Å². The molecule has 4 nitrogen and oxygen atoms in total. The first kappa shape index (κ1) is 18.2. The molecule has 0 unspecified atom stereocenters. The Balaban J connectivity index is 1.61. The average Bonchev–Trinajstić information content (AvgIpc) is 2.86. The van der Waals surface area contributed by atoms with Crippen LogP contribution in [0.3, 0.4) is 0 Å². The second-order valence-corrected chi connectivity index (χ2v) is 9.89. The van der Waals surface area contributed by atoms with Crippen molar-refractivity contribution < 1.29 is 19.8 Å². The Morgan fingerprint density at radius 2 is 1.85 bits per heavy atom. The molecule has 3 fully saturated rings. The molecule has 4 aliphatic carbocycles. The SMILES string of the molecule is C[C@]12CCC(=O)C=C1CC[C@@H]1[C@@H]2CC[C@@]2(C)[C@H]1CC[C@]2(O)CCC(=O)O. The van der Waals surface area contributed by atoms with Crippen molar-refractivity contribution in [3.05, 3.63) is 11.6 Å². The predicted molar refractivity (Wildman–Crippen MR) is 98.5 cm³/mol. The van der Waals surface area contributed by atoms with Crippen molar-refractivity contribution in [2.75, 3.05) is 0 Å². The predicted octanol–water partition coefficient (Wildman–Crippen LogP) is 4.11. The molecule has 0 radical (unpaired) electrons. The maximum absolute atomic E-state index is 11.9. The molecule has 6 atom stereocenters. The van der Waals surface area contributed by atoms with Crippen LogP contribution in [0.2, 0.25) is 0 Å². The number of allylic oxidation sites excluding steroid dienone is 1. The molecule has 0 aliphatic heterocycles. The Hall–Kier alpha value is -1.16. The highest BCUT2D eigenvalue weighted by Crippen LogP contribution is 2.68. The number of carbonyl (C=O) groups excluding carboxylic acids is 1. The van der Waals surface area contributed by atoms with E-state index >= 15 is 0 Å². The van der Waals surface area contributed by atoms with Gasteiger partial charge in [0.2, 0.25) is 0 Å². The molecule has 2 N–H and O–H groups in total. The van der Waals surface area contributed by atoms with E-state index in [0.717, 1.165) is 44.9 Å². The first-order chi connectivity index (χ1) is 12.2. The van der Waals surface area contributed by atoms with E-state index in [1.807, 2.05) is 6.08 Å². The van der Waals surface area contributed by atoms with E-state index in [1.54, 1.807) is 0 Å². The number of aliphatic carboxylic acids is 1. The number of rotatable bonds is 3. The molecule has 0 aromatic carbocycles. The van der Waals surface area contributed by atoms with E-state index in [2.05, 4.69) is 13.8 Å². The molecule has 0 saturated heterocycles. The summed E-state index contributed by atoms with van der Waals surface area (Å²) in [6.45, 7) is 4.59. The minimum Gasteiger partial charge on any atom is -0.481 e. The summed E-state index contributed by atoms with van der Waals surface area (Å²) in [6, 6.07) is 0. The average molecular weight is 360 g/mol. The topological polar surface area (TPSA) is 74.6 Å². The number of hydrogen-bond donors (Lipinski definition) is 2. The molecule has 0 spiro atoms. The van der Waals surface area contributed by atoms with Crippen molar-refractivity contribution >= 4 is 11.8 Å². The fourth-order valence-electron chi connectivity index (χ4n) is 7.39. The van der Waals surface area contributed by atoms with Crippen molar-refractivity contribution in [2.24, 2.45) is 28.6 Å². The van der Waals surface area contributed by atoms with Gasteiger partial charge in [-0.3, -0.25) is 9.59 Å². The molecule has 0 heterocycles. The highest BCUT2D eigenvalue weighted by molar-refractivity contribution is 5.91. The molecule has 3 saturated carbocycles. The quantitative estimate of drug-likeness (QED) is 0.794. The number of aliphatic hydroxyl groups is 1. The minimum atomic E-state index is -0.833. The van der Waals surface area contributed by atoms with Gasteiger partial charge in [0.15, 0.2) is 5.78 Å². The summed E-state index contributed by atoms with van der Waals surface area (Å²) >= 11 is 0. The first-order valence-corrected chi connectivity index (χ1v) is 10.4. The van der Waals surface area contributed by atoms with Gasteiger partial charge in [0, 0.05) is 12.8 Å². The van der Waals surface area contributed by atoms with Crippen molar-refractivity contribution in [1.82, 2.24) is 0 Å². The third-order valence-corrected chi connectivity index (χ3v) is 9.04. The van der Waals surface area contributed by atoms with Gasteiger partial charge in [-0.1, -0.05) is 19.4 Å². The minimum absolute atomic E-state index is 0.0552. The number of carbonyl (C=O) groups is 2. The molecule has 0 aromatic rings. The lowest BCUT2D eigenvalue weighted by molar-refractivity contribution is -0.147. The Bertz CT molecular complexity index is 667. The van der Waals surface area contributed by atoms with Crippen LogP contribution in [0, 0.1) is 28.6 Å². The van der Waals surface area contributed by atoms with Crippen molar-refractivity contribution in [3.63, 3.8) is 0 Å². The van der Waals surface area contributed by atoms with Crippen molar-refractivity contribution in [3.8, 4) is 0 Å². The van der Waals surface area contributed by atoms with Gasteiger partial charge in [-0.15, -0.1) is 0 Å². The zero-order chi connectivity index (χ0) is 18.7. The van der Waals surface area contributed by atoms with Gasteiger partial charge in [-0.25, -0.2) is 0 Å². The zero-order valence-electron chi connectivity index (χ0n) is 16.1. The van der Waals surface area contributed by atoms with E-state index in [-0.39, 0.29) is 17.3 Å². The van der Waals surface area contributed by atoms with Crippen LogP contribution in [0.15, 0.2) is 11.6 Å². The van der Waals surface area contributed by atoms with Gasteiger partial charge >= 0.3 is 5.97 Å². The van der Waals surface area contributed by atoms with Crippen LogP contribution in [-0.4, -0.2) is 27.6 Å². The molecule has 4 aliphatic rings. The van der Waals surface area contributed by atoms with Crippen LogP contribution in [0.25, 0.3) is 0 Å². The van der Waals surface area contributed by atoms with Crippen LogP contribution >= 0.6 is 0 Å². The van der Waals surface area contributed by atoms with E-state index in [1.165, 1.54) is 5.57 Å². The number of ketones is 1. The van der Waals surface area contributed by atoms with Gasteiger partial charge in [-0.2, -0.15) is 0 Å². The third kappa shape index (κ3) is 2.44. The number of carboxylic acids is 1. The zero-order valence-corrected chi connectivity index (χ0v) is 16.1. The number of carboxylic acid groups (broad SMARTS) is 1. The fourth-order valence-corrected chi connectivity index (χ4v) is 7.39.